The maximum atomic E-state index is 10.6. The molecule has 0 spiro atoms. The molecule has 0 heterocycles. The molecule has 1 fully saturated rings. The molecule has 1 aliphatic rings. The first kappa shape index (κ1) is 38.8. The molecule has 4 unspecified atom stereocenters. The van der Waals surface area contributed by atoms with E-state index >= 15 is 0 Å². The number of aliphatic carboxylic acids is 2. The Labute approximate surface area is 261 Å². The number of aryl methyl sites for hydroxylation is 2. The molecule has 3 rings (SSSR count). The molecule has 2 N–H and O–H groups in total. The van der Waals surface area contributed by atoms with Crippen LogP contribution in [0.4, 0.5) is 0 Å². The maximum Gasteiger partial charge on any atom is 2.00 e. The fraction of sp³-hybridized carbons (Fsp3) is 0.515. The van der Waals surface area contributed by atoms with Crippen LogP contribution in [0.25, 0.3) is 0 Å². The predicted molar refractivity (Wildman–Crippen MR) is 161 cm³/mol. The number of hydrogen-bond acceptors (Lipinski definition) is 8. The number of benzene rings is 2. The summed E-state index contributed by atoms with van der Waals surface area (Å²) in [5, 5.41) is 38.9. The second kappa shape index (κ2) is 19.1. The van der Waals surface area contributed by atoms with Crippen LogP contribution in [0.15, 0.2) is 34.3 Å². The van der Waals surface area contributed by atoms with E-state index in [4.69, 9.17) is 29.8 Å². The minimum absolute atomic E-state index is 0. The summed E-state index contributed by atoms with van der Waals surface area (Å²) in [6.07, 6.45) is 8.84. The quantitative estimate of drug-likeness (QED) is 0.407. The van der Waals surface area contributed by atoms with Crippen molar-refractivity contribution < 1.29 is 46.8 Å². The number of nitrogens with zero attached hydrogens (tertiary/aromatic N) is 2. The number of carbonyl (C=O) groups is 2. The molecule has 4 atom stereocenters. The molecule has 0 saturated heterocycles. The molecule has 233 valence electrons. The number of aromatic hydroxyl groups is 2. The SMILES string of the molecule is CC(=O)[O-].CC(=O)[O-].CCC(C)c1cc(C)c(O)c(C=NC2CCCC2N=Cc2cc(C(C)CC)cc(C)c2O)c1.[Co+2]. The molecule has 1 radical (unpaired) electrons. The Morgan fingerprint density at radius 1 is 0.810 bits per heavy atom. The van der Waals surface area contributed by atoms with Crippen molar-refractivity contribution in [3.8, 4) is 11.5 Å². The third-order valence-corrected chi connectivity index (χ3v) is 7.32. The largest absolute Gasteiger partial charge is 2.00 e. The van der Waals surface area contributed by atoms with Crippen molar-refractivity contribution >= 4 is 24.4 Å². The Morgan fingerprint density at radius 3 is 1.40 bits per heavy atom. The van der Waals surface area contributed by atoms with Gasteiger partial charge >= 0.3 is 16.8 Å². The number of phenols is 2. The second-order valence-corrected chi connectivity index (χ2v) is 10.8. The molecule has 0 amide bonds. The van der Waals surface area contributed by atoms with Crippen LogP contribution in [0.1, 0.15) is 119 Å². The molecule has 0 bridgehead atoms. The molecule has 2 aromatic carbocycles. The number of carboxylic acid groups (broad SMARTS) is 2. The van der Waals surface area contributed by atoms with E-state index in [2.05, 4.69) is 52.0 Å². The van der Waals surface area contributed by atoms with Crippen LogP contribution < -0.4 is 10.2 Å². The van der Waals surface area contributed by atoms with E-state index in [1.165, 1.54) is 11.1 Å². The van der Waals surface area contributed by atoms with Gasteiger partial charge < -0.3 is 30.0 Å². The number of phenolic OH excluding ortho intramolecular Hbond substituents is 2. The van der Waals surface area contributed by atoms with Gasteiger partial charge in [0, 0.05) is 35.5 Å². The van der Waals surface area contributed by atoms with Gasteiger partial charge in [0.2, 0.25) is 0 Å². The van der Waals surface area contributed by atoms with Crippen molar-refractivity contribution in [1.29, 1.82) is 0 Å². The third-order valence-electron chi connectivity index (χ3n) is 7.32. The van der Waals surface area contributed by atoms with Gasteiger partial charge in [-0.1, -0.05) is 39.8 Å². The van der Waals surface area contributed by atoms with Crippen LogP contribution in [-0.2, 0) is 26.4 Å². The van der Waals surface area contributed by atoms with Crippen molar-refractivity contribution in [1.82, 2.24) is 0 Å². The first-order valence-corrected chi connectivity index (χ1v) is 14.3. The summed E-state index contributed by atoms with van der Waals surface area (Å²) in [7, 11) is 0. The minimum atomic E-state index is -1.08. The summed E-state index contributed by atoms with van der Waals surface area (Å²) in [6, 6.07) is 8.46. The van der Waals surface area contributed by atoms with Crippen LogP contribution in [0.5, 0.6) is 11.5 Å². The average molecular weight is 626 g/mol. The second-order valence-electron chi connectivity index (χ2n) is 10.8. The van der Waals surface area contributed by atoms with E-state index in [-0.39, 0.29) is 28.9 Å². The monoisotopic (exact) mass is 625 g/mol. The van der Waals surface area contributed by atoms with E-state index in [9.17, 15) is 10.2 Å². The summed E-state index contributed by atoms with van der Waals surface area (Å²) in [4.78, 5) is 27.5. The van der Waals surface area contributed by atoms with Crippen LogP contribution in [0, 0.1) is 13.8 Å². The van der Waals surface area contributed by atoms with E-state index in [1.807, 2.05) is 26.3 Å². The first-order chi connectivity index (χ1) is 19.2. The van der Waals surface area contributed by atoms with Crippen LogP contribution in [0.3, 0.4) is 0 Å². The Hall–Kier alpha value is -3.17. The summed E-state index contributed by atoms with van der Waals surface area (Å²) < 4.78 is 0. The standard InChI is InChI=1S/C29H40N2O2.2C2H4O2.Co/c1-7-18(3)22-12-20(5)28(32)24(14-22)16-30-26-10-9-11-27(26)31-17-25-15-23(19(4)8-2)13-21(6)29(25)33;2*1-2(3)4;/h12-19,26-27,32-33H,7-11H2,1-6H3;2*1H3,(H,3,4);/q;;;+2/p-2. The Balaban J connectivity index is 0.00000166. The van der Waals surface area contributed by atoms with Crippen LogP contribution in [0.2, 0.25) is 0 Å². The van der Waals surface area contributed by atoms with Gasteiger partial charge in [-0.3, -0.25) is 9.98 Å². The minimum Gasteiger partial charge on any atom is -0.550 e. The van der Waals surface area contributed by atoms with Crippen molar-refractivity contribution in [2.24, 2.45) is 9.98 Å². The summed E-state index contributed by atoms with van der Waals surface area (Å²) in [6.45, 7) is 14.6. The van der Waals surface area contributed by atoms with E-state index in [0.29, 0.717) is 23.3 Å². The van der Waals surface area contributed by atoms with Gasteiger partial charge in [0.1, 0.15) is 11.5 Å². The van der Waals surface area contributed by atoms with Crippen LogP contribution in [-0.4, -0.2) is 46.7 Å². The average Bonchev–Trinajstić information content (AvgIpc) is 3.35. The molecule has 0 aromatic heterocycles. The van der Waals surface area contributed by atoms with Gasteiger partial charge in [-0.15, -0.1) is 0 Å². The van der Waals surface area contributed by atoms with Gasteiger partial charge in [-0.25, -0.2) is 0 Å². The fourth-order valence-corrected chi connectivity index (χ4v) is 4.53. The summed E-state index contributed by atoms with van der Waals surface area (Å²) in [5.41, 5.74) is 5.83. The number of carbonyl (C=O) groups excluding carboxylic acids is 2. The maximum absolute atomic E-state index is 10.6. The third kappa shape index (κ3) is 12.8. The number of hydrogen-bond donors (Lipinski definition) is 2. The molecular formula is C33H46CoN2O6. The summed E-state index contributed by atoms with van der Waals surface area (Å²) in [5.74, 6) is -0.651. The van der Waals surface area contributed by atoms with Gasteiger partial charge in [0.15, 0.2) is 0 Å². The van der Waals surface area contributed by atoms with Crippen LogP contribution >= 0.6 is 0 Å². The van der Waals surface area contributed by atoms with Gasteiger partial charge in [0.05, 0.1) is 12.1 Å². The van der Waals surface area contributed by atoms with Crippen molar-refractivity contribution in [3.63, 3.8) is 0 Å². The number of rotatable bonds is 8. The van der Waals surface area contributed by atoms with E-state index < -0.39 is 11.9 Å². The van der Waals surface area contributed by atoms with E-state index in [1.54, 1.807) is 0 Å². The molecule has 0 aliphatic heterocycles. The normalized spacial score (nSPS) is 17.4. The Bertz CT molecular complexity index is 1130. The first-order valence-electron chi connectivity index (χ1n) is 14.3. The predicted octanol–water partition coefficient (Wildman–Crippen LogP) is 4.71. The zero-order valence-electron chi connectivity index (χ0n) is 26.1. The van der Waals surface area contributed by atoms with Crippen molar-refractivity contribution in [2.75, 3.05) is 0 Å². The van der Waals surface area contributed by atoms with E-state index in [0.717, 1.165) is 68.2 Å². The molecule has 42 heavy (non-hydrogen) atoms. The molecule has 8 nitrogen and oxygen atoms in total. The van der Waals surface area contributed by atoms with Crippen molar-refractivity contribution in [2.45, 2.75) is 111 Å². The topological polar surface area (TPSA) is 145 Å². The smallest absolute Gasteiger partial charge is 0.550 e. The Kier molecular flexibility index (Phi) is 17.7. The molecule has 1 saturated carbocycles. The van der Waals surface area contributed by atoms with Gasteiger partial charge in [-0.2, -0.15) is 0 Å². The zero-order valence-corrected chi connectivity index (χ0v) is 27.1. The molecule has 9 heteroatoms. The Morgan fingerprint density at radius 2 is 1.12 bits per heavy atom. The number of aliphatic imine (C=N–C) groups is 2. The molecule has 2 aromatic rings. The molecular weight excluding hydrogens is 579 g/mol. The van der Waals surface area contributed by atoms with Crippen molar-refractivity contribution in [3.05, 3.63) is 57.6 Å². The zero-order chi connectivity index (χ0) is 31.3. The molecule has 1 aliphatic carbocycles. The van der Waals surface area contributed by atoms with Gasteiger partial charge in [-0.05, 0) is 106 Å². The fourth-order valence-electron chi connectivity index (χ4n) is 4.53. The number of carboxylic acids is 2. The van der Waals surface area contributed by atoms with Gasteiger partial charge in [0.25, 0.3) is 0 Å². The summed E-state index contributed by atoms with van der Waals surface area (Å²) >= 11 is 0.